The van der Waals surface area contributed by atoms with E-state index in [9.17, 15) is 24.3 Å². The smallest absolute Gasteiger partial charge is 0.254 e. The standard InChI is InChI=1S/C35H40N6O5S/c1-21-27-17-31(43)37-26-16-29(40(20-26)33(44)23-7-3-2-4-8-23)35(46)41-19-25(36-18-24-9-5-6-10-30(24)42)15-28(41)34(45)39-13-11-22(12-14-39)32(38-27)47-21/h2-10,22,25-26,28-29,36,42H,11-20H2,1H3,(H,37,43)/t25-,26+,28-,29-/m0/s1. The second-order valence-electron chi connectivity index (χ2n) is 13.1. The van der Waals surface area contributed by atoms with Gasteiger partial charge in [-0.3, -0.25) is 19.2 Å². The predicted octanol–water partition coefficient (Wildman–Crippen LogP) is 2.58. The summed E-state index contributed by atoms with van der Waals surface area (Å²) >= 11 is 1.63. The lowest BCUT2D eigenvalue weighted by Crippen LogP contribution is -2.54. The first-order valence-electron chi connectivity index (χ1n) is 16.5. The number of hydrogen-bond donors (Lipinski definition) is 3. The van der Waals surface area contributed by atoms with Crippen molar-refractivity contribution in [2.75, 3.05) is 26.2 Å². The minimum absolute atomic E-state index is 0.0761. The number of benzene rings is 2. The SMILES string of the molecule is Cc1sc2nc1CC(=O)N[C@@H]1C[C@@H](C(=O)N3C[C@@H](NCc4ccccc4O)C[C@H]3C(=O)N3CCC2CC3)N(C(=O)c2ccccc2)C1. The molecule has 12 heteroatoms. The Labute approximate surface area is 278 Å². The summed E-state index contributed by atoms with van der Waals surface area (Å²) in [5.74, 6) is -0.419. The fraction of sp³-hybridized carbons (Fsp3) is 0.457. The monoisotopic (exact) mass is 656 g/mol. The third-order valence-electron chi connectivity index (χ3n) is 10.1. The van der Waals surface area contributed by atoms with Gasteiger partial charge in [0.1, 0.15) is 17.8 Å². The fourth-order valence-corrected chi connectivity index (χ4v) is 8.60. The van der Waals surface area contributed by atoms with Crippen molar-refractivity contribution in [3.8, 4) is 5.75 Å². The van der Waals surface area contributed by atoms with E-state index in [1.54, 1.807) is 57.5 Å². The van der Waals surface area contributed by atoms with E-state index in [4.69, 9.17) is 4.98 Å². The first-order chi connectivity index (χ1) is 22.7. The van der Waals surface area contributed by atoms with Crippen LogP contribution >= 0.6 is 11.3 Å². The maximum atomic E-state index is 14.6. The van der Waals surface area contributed by atoms with E-state index >= 15 is 0 Å². The van der Waals surface area contributed by atoms with E-state index in [1.807, 2.05) is 30.0 Å². The highest BCUT2D eigenvalue weighted by Crippen LogP contribution is 2.35. The first kappa shape index (κ1) is 31.3. The van der Waals surface area contributed by atoms with Gasteiger partial charge in [0.2, 0.25) is 17.7 Å². The number of nitrogens with one attached hydrogen (secondary N) is 2. The van der Waals surface area contributed by atoms with Crippen molar-refractivity contribution in [1.29, 1.82) is 0 Å². The molecule has 8 rings (SSSR count). The van der Waals surface area contributed by atoms with Crippen molar-refractivity contribution in [3.63, 3.8) is 0 Å². The quantitative estimate of drug-likeness (QED) is 0.393. The molecule has 1 aromatic heterocycles. The molecule has 3 fully saturated rings. The number of amides is 4. The van der Waals surface area contributed by atoms with Crippen molar-refractivity contribution < 1.29 is 24.3 Å². The van der Waals surface area contributed by atoms with E-state index in [-0.39, 0.29) is 60.7 Å². The van der Waals surface area contributed by atoms with Gasteiger partial charge in [-0.15, -0.1) is 11.3 Å². The van der Waals surface area contributed by atoms with Crippen LogP contribution in [-0.4, -0.2) is 98.8 Å². The van der Waals surface area contributed by atoms with Gasteiger partial charge in [-0.25, -0.2) is 4.98 Å². The maximum Gasteiger partial charge on any atom is 0.254 e. The summed E-state index contributed by atoms with van der Waals surface area (Å²) in [5, 5.41) is 17.9. The highest BCUT2D eigenvalue weighted by Gasteiger charge is 2.48. The van der Waals surface area contributed by atoms with Crippen LogP contribution in [0.4, 0.5) is 0 Å². The summed E-state index contributed by atoms with van der Waals surface area (Å²) in [6.07, 6.45) is 2.35. The largest absolute Gasteiger partial charge is 0.508 e. The Morgan fingerprint density at radius 1 is 0.979 bits per heavy atom. The molecule has 0 saturated carbocycles. The number of phenolic OH excluding ortho intramolecular Hbond substituents is 1. The number of carbonyl (C=O) groups excluding carboxylic acids is 4. The number of hydrogen-bond acceptors (Lipinski definition) is 8. The molecule has 0 aliphatic carbocycles. The average Bonchev–Trinajstić information content (AvgIpc) is 3.80. The van der Waals surface area contributed by atoms with Gasteiger partial charge >= 0.3 is 0 Å². The summed E-state index contributed by atoms with van der Waals surface area (Å²) in [6, 6.07) is 13.8. The van der Waals surface area contributed by atoms with Crippen LogP contribution in [0.25, 0.3) is 0 Å². The number of likely N-dealkylation sites (tertiary alicyclic amines) is 1. The van der Waals surface area contributed by atoms with Crippen molar-refractivity contribution in [3.05, 3.63) is 81.3 Å². The van der Waals surface area contributed by atoms with Gasteiger partial charge in [0.15, 0.2) is 0 Å². The molecule has 3 N–H and O–H groups in total. The van der Waals surface area contributed by atoms with Crippen LogP contribution in [0, 0.1) is 6.92 Å². The van der Waals surface area contributed by atoms with Crippen LogP contribution in [0.1, 0.15) is 63.1 Å². The lowest BCUT2D eigenvalue weighted by molar-refractivity contribution is -0.146. The van der Waals surface area contributed by atoms with Crippen molar-refractivity contribution in [1.82, 2.24) is 30.3 Å². The predicted molar refractivity (Wildman–Crippen MR) is 176 cm³/mol. The Balaban J connectivity index is 1.21. The van der Waals surface area contributed by atoms with Crippen molar-refractivity contribution in [2.24, 2.45) is 0 Å². The number of aryl methyl sites for hydroxylation is 1. The van der Waals surface area contributed by atoms with Gasteiger partial charge in [-0.05, 0) is 50.8 Å². The van der Waals surface area contributed by atoms with Gasteiger partial charge < -0.3 is 30.4 Å². The molecule has 0 spiro atoms. The van der Waals surface area contributed by atoms with Crippen molar-refractivity contribution >= 4 is 35.0 Å². The zero-order valence-corrected chi connectivity index (χ0v) is 27.2. The maximum absolute atomic E-state index is 14.6. The molecule has 4 amide bonds. The summed E-state index contributed by atoms with van der Waals surface area (Å²) in [4.78, 5) is 67.0. The normalized spacial score (nSPS) is 26.4. The Bertz CT molecular complexity index is 1670. The molecule has 246 valence electrons. The van der Waals surface area contributed by atoms with Crippen molar-refractivity contribution in [2.45, 2.75) is 75.7 Å². The Hall–Kier alpha value is -4.29. The first-order valence-corrected chi connectivity index (χ1v) is 17.3. The molecule has 0 unspecified atom stereocenters. The third-order valence-corrected chi connectivity index (χ3v) is 11.2. The molecule has 6 bridgehead atoms. The van der Waals surface area contributed by atoms with Crippen LogP contribution in [0.5, 0.6) is 5.75 Å². The molecule has 2 aromatic carbocycles. The number of phenols is 1. The number of nitrogens with zero attached hydrogens (tertiary/aromatic N) is 4. The fourth-order valence-electron chi connectivity index (χ4n) is 7.49. The minimum atomic E-state index is -0.839. The number of aromatic hydroxyl groups is 1. The number of para-hydroxylation sites is 1. The topological polar surface area (TPSA) is 135 Å². The number of fused-ring (bicyclic) bond motifs is 4. The summed E-state index contributed by atoms with van der Waals surface area (Å²) in [6.45, 7) is 3.99. The van der Waals surface area contributed by atoms with Crippen LogP contribution in [-0.2, 0) is 27.3 Å². The van der Waals surface area contributed by atoms with Gasteiger partial charge in [0.05, 0.1) is 17.1 Å². The highest BCUT2D eigenvalue weighted by molar-refractivity contribution is 7.11. The lowest BCUT2D eigenvalue weighted by atomic mass is 9.96. The molecule has 6 heterocycles. The zero-order chi connectivity index (χ0) is 32.7. The van der Waals surface area contributed by atoms with E-state index in [1.165, 1.54) is 0 Å². The number of aromatic nitrogens is 1. The molecular formula is C35H40N6O5S. The minimum Gasteiger partial charge on any atom is -0.508 e. The lowest BCUT2D eigenvalue weighted by Gasteiger charge is -2.36. The van der Waals surface area contributed by atoms with Crippen LogP contribution < -0.4 is 10.6 Å². The molecule has 3 saturated heterocycles. The zero-order valence-electron chi connectivity index (χ0n) is 26.4. The average molecular weight is 657 g/mol. The molecule has 47 heavy (non-hydrogen) atoms. The number of rotatable bonds is 4. The molecule has 0 radical (unpaired) electrons. The highest BCUT2D eigenvalue weighted by atomic mass is 32.1. The number of piperidine rings is 1. The molecule has 11 nitrogen and oxygen atoms in total. The molecule has 5 aliphatic rings. The molecule has 4 atom stereocenters. The second-order valence-corrected chi connectivity index (χ2v) is 14.4. The Kier molecular flexibility index (Phi) is 8.71. The van der Waals surface area contributed by atoms with Gasteiger partial charge in [-0.1, -0.05) is 36.4 Å². The van der Waals surface area contributed by atoms with Crippen LogP contribution in [0.2, 0.25) is 0 Å². The Morgan fingerprint density at radius 3 is 2.49 bits per heavy atom. The van der Waals surface area contributed by atoms with E-state index in [0.717, 1.165) is 34.0 Å². The molecule has 5 aliphatic heterocycles. The van der Waals surface area contributed by atoms with Gasteiger partial charge in [0, 0.05) is 66.7 Å². The van der Waals surface area contributed by atoms with E-state index < -0.39 is 18.1 Å². The number of thiazole rings is 1. The molecule has 3 aromatic rings. The summed E-state index contributed by atoms with van der Waals surface area (Å²) < 4.78 is 0. The third kappa shape index (κ3) is 6.36. The van der Waals surface area contributed by atoms with Gasteiger partial charge in [0.25, 0.3) is 5.91 Å². The van der Waals surface area contributed by atoms with Gasteiger partial charge in [-0.2, -0.15) is 0 Å². The summed E-state index contributed by atoms with van der Waals surface area (Å²) in [7, 11) is 0. The molecular weight excluding hydrogens is 616 g/mol. The number of carbonyl (C=O) groups is 4. The van der Waals surface area contributed by atoms with Crippen LogP contribution in [0.3, 0.4) is 0 Å². The summed E-state index contributed by atoms with van der Waals surface area (Å²) in [5.41, 5.74) is 1.96. The van der Waals surface area contributed by atoms with E-state index in [2.05, 4.69) is 10.6 Å². The second kappa shape index (κ2) is 13.1. The van der Waals surface area contributed by atoms with E-state index in [0.29, 0.717) is 38.2 Å². The van der Waals surface area contributed by atoms with Crippen LogP contribution in [0.15, 0.2) is 54.6 Å². The Morgan fingerprint density at radius 2 is 1.72 bits per heavy atom.